The van der Waals surface area contributed by atoms with Gasteiger partial charge in [0.15, 0.2) is 0 Å². The van der Waals surface area contributed by atoms with Crippen LogP contribution in [0.5, 0.6) is 0 Å². The molecule has 0 bridgehead atoms. The third kappa shape index (κ3) is 3.56. The molecule has 1 rings (SSSR count). The molecule has 3 nitrogen and oxygen atoms in total. The molecule has 0 aromatic heterocycles. The summed E-state index contributed by atoms with van der Waals surface area (Å²) in [5.74, 6) is 0.627. The van der Waals surface area contributed by atoms with Crippen molar-refractivity contribution in [3.63, 3.8) is 0 Å². The first kappa shape index (κ1) is 11.3. The number of rotatable bonds is 5. The van der Waals surface area contributed by atoms with Crippen LogP contribution in [0.3, 0.4) is 0 Å². The largest absolute Gasteiger partial charge is 0.338 e. The predicted octanol–water partition coefficient (Wildman–Crippen LogP) is 2.27. The molecule has 0 radical (unpaired) electrons. The Balaban J connectivity index is 2.07. The minimum absolute atomic E-state index is 0.0154. The molecule has 1 saturated carbocycles. The molecule has 0 unspecified atom stereocenters. The Hall–Kier alpha value is -0.730. The average molecular weight is 198 g/mol. The van der Waals surface area contributed by atoms with Gasteiger partial charge in [-0.3, -0.25) is 0 Å². The summed E-state index contributed by atoms with van der Waals surface area (Å²) < 4.78 is 0. The Morgan fingerprint density at radius 2 is 2.00 bits per heavy atom. The normalized spacial score (nSPS) is 16.5. The van der Waals surface area contributed by atoms with Crippen LogP contribution >= 0.6 is 0 Å². The molecule has 2 N–H and O–H groups in total. The van der Waals surface area contributed by atoms with Gasteiger partial charge in [0.1, 0.15) is 0 Å². The lowest BCUT2D eigenvalue weighted by Crippen LogP contribution is -2.46. The molecule has 2 amide bonds. The Labute approximate surface area is 86.6 Å². The Kier molecular flexibility index (Phi) is 4.77. The maximum atomic E-state index is 11.4. The molecule has 0 aliphatic heterocycles. The molecule has 14 heavy (non-hydrogen) atoms. The van der Waals surface area contributed by atoms with Gasteiger partial charge in [-0.05, 0) is 25.2 Å². The molecule has 0 aromatic carbocycles. The van der Waals surface area contributed by atoms with Gasteiger partial charge < -0.3 is 10.6 Å². The zero-order valence-electron chi connectivity index (χ0n) is 9.31. The maximum absolute atomic E-state index is 11.4. The second-order valence-corrected chi connectivity index (χ2v) is 4.16. The van der Waals surface area contributed by atoms with Crippen LogP contribution in [0.15, 0.2) is 0 Å². The van der Waals surface area contributed by atoms with Gasteiger partial charge in [0.2, 0.25) is 0 Å². The summed E-state index contributed by atoms with van der Waals surface area (Å²) in [5, 5.41) is 5.90. The summed E-state index contributed by atoms with van der Waals surface area (Å²) >= 11 is 0. The molecule has 1 aliphatic carbocycles. The van der Waals surface area contributed by atoms with Crippen LogP contribution in [0, 0.1) is 5.92 Å². The van der Waals surface area contributed by atoms with Crippen LogP contribution in [-0.4, -0.2) is 18.6 Å². The Morgan fingerprint density at radius 3 is 2.43 bits per heavy atom. The fraction of sp³-hybridized carbons (Fsp3) is 0.909. The predicted molar refractivity (Wildman–Crippen MR) is 58.2 cm³/mol. The van der Waals surface area contributed by atoms with Crippen molar-refractivity contribution in [3.8, 4) is 0 Å². The summed E-state index contributed by atoms with van der Waals surface area (Å²) in [6.07, 6.45) is 5.84. The molecule has 0 spiro atoms. The smallest absolute Gasteiger partial charge is 0.315 e. The molecule has 82 valence electrons. The van der Waals surface area contributed by atoms with E-state index in [0.29, 0.717) is 12.0 Å². The summed E-state index contributed by atoms with van der Waals surface area (Å²) in [7, 11) is 0. The summed E-state index contributed by atoms with van der Waals surface area (Å²) in [6.45, 7) is 5.14. The summed E-state index contributed by atoms with van der Waals surface area (Å²) in [5.41, 5.74) is 0. The van der Waals surface area contributed by atoms with Gasteiger partial charge in [0.25, 0.3) is 0 Å². The fourth-order valence-electron chi connectivity index (χ4n) is 1.60. The molecule has 3 heteroatoms. The summed E-state index contributed by atoms with van der Waals surface area (Å²) in [6, 6.07) is 0.457. The number of nitrogens with one attached hydrogen (secondary N) is 2. The fourth-order valence-corrected chi connectivity index (χ4v) is 1.60. The lowest BCUT2D eigenvalue weighted by molar-refractivity contribution is 0.226. The molecular weight excluding hydrogens is 176 g/mol. The van der Waals surface area contributed by atoms with Crippen LogP contribution in [0.25, 0.3) is 0 Å². The highest BCUT2D eigenvalue weighted by atomic mass is 16.2. The average Bonchev–Trinajstić information content (AvgIpc) is 2.13. The van der Waals surface area contributed by atoms with Crippen molar-refractivity contribution in [3.05, 3.63) is 0 Å². The Bertz CT molecular complexity index is 174. The SMILES string of the molecule is CCC(CC)CNC(=O)NC1CCC1. The lowest BCUT2D eigenvalue weighted by Gasteiger charge is -2.26. The standard InChI is InChI=1S/C11H22N2O/c1-3-9(4-2)8-12-11(14)13-10-6-5-7-10/h9-10H,3-8H2,1-2H3,(H2,12,13,14). The Morgan fingerprint density at radius 1 is 1.36 bits per heavy atom. The van der Waals surface area contributed by atoms with E-state index in [0.717, 1.165) is 32.2 Å². The van der Waals surface area contributed by atoms with Crippen molar-refractivity contribution in [1.29, 1.82) is 0 Å². The second kappa shape index (κ2) is 5.89. The van der Waals surface area contributed by atoms with Crippen LogP contribution in [0.4, 0.5) is 4.79 Å². The molecule has 1 aliphatic rings. The zero-order chi connectivity index (χ0) is 10.4. The number of carbonyl (C=O) groups is 1. The zero-order valence-corrected chi connectivity index (χ0v) is 9.31. The van der Waals surface area contributed by atoms with Gasteiger partial charge in [0, 0.05) is 12.6 Å². The number of carbonyl (C=O) groups excluding carboxylic acids is 1. The van der Waals surface area contributed by atoms with Gasteiger partial charge in [-0.15, -0.1) is 0 Å². The lowest BCUT2D eigenvalue weighted by atomic mass is 9.93. The van der Waals surface area contributed by atoms with Crippen LogP contribution in [-0.2, 0) is 0 Å². The maximum Gasteiger partial charge on any atom is 0.315 e. The number of hydrogen-bond acceptors (Lipinski definition) is 1. The van der Waals surface area contributed by atoms with Crippen molar-refractivity contribution in [1.82, 2.24) is 10.6 Å². The first-order valence-electron chi connectivity index (χ1n) is 5.80. The monoisotopic (exact) mass is 198 g/mol. The van der Waals surface area contributed by atoms with E-state index in [1.54, 1.807) is 0 Å². The van der Waals surface area contributed by atoms with Crippen LogP contribution in [0.2, 0.25) is 0 Å². The minimum atomic E-state index is 0.0154. The van der Waals surface area contributed by atoms with E-state index in [9.17, 15) is 4.79 Å². The van der Waals surface area contributed by atoms with E-state index < -0.39 is 0 Å². The highest BCUT2D eigenvalue weighted by Gasteiger charge is 2.19. The first-order chi connectivity index (χ1) is 6.76. The number of amides is 2. The van der Waals surface area contributed by atoms with Crippen molar-refractivity contribution < 1.29 is 4.79 Å². The number of urea groups is 1. The van der Waals surface area contributed by atoms with Crippen molar-refractivity contribution >= 4 is 6.03 Å². The molecular formula is C11H22N2O. The van der Waals surface area contributed by atoms with Crippen molar-refractivity contribution in [2.45, 2.75) is 52.0 Å². The summed E-state index contributed by atoms with van der Waals surface area (Å²) in [4.78, 5) is 11.4. The highest BCUT2D eigenvalue weighted by molar-refractivity contribution is 5.74. The highest BCUT2D eigenvalue weighted by Crippen LogP contribution is 2.17. The van der Waals surface area contributed by atoms with Crippen molar-refractivity contribution in [2.24, 2.45) is 5.92 Å². The molecule has 0 saturated heterocycles. The van der Waals surface area contributed by atoms with Crippen LogP contribution < -0.4 is 10.6 Å². The van der Waals surface area contributed by atoms with E-state index in [2.05, 4.69) is 24.5 Å². The number of hydrogen-bond donors (Lipinski definition) is 2. The molecule has 1 fully saturated rings. The van der Waals surface area contributed by atoms with Gasteiger partial charge >= 0.3 is 6.03 Å². The van der Waals surface area contributed by atoms with E-state index in [-0.39, 0.29) is 6.03 Å². The van der Waals surface area contributed by atoms with E-state index in [1.807, 2.05) is 0 Å². The second-order valence-electron chi connectivity index (χ2n) is 4.16. The molecule has 0 atom stereocenters. The topological polar surface area (TPSA) is 41.1 Å². The molecule has 0 aromatic rings. The first-order valence-corrected chi connectivity index (χ1v) is 5.80. The quantitative estimate of drug-likeness (QED) is 0.699. The minimum Gasteiger partial charge on any atom is -0.338 e. The third-order valence-corrected chi connectivity index (χ3v) is 3.15. The van der Waals surface area contributed by atoms with Gasteiger partial charge in [-0.25, -0.2) is 4.79 Å². The van der Waals surface area contributed by atoms with Gasteiger partial charge in [0.05, 0.1) is 0 Å². The van der Waals surface area contributed by atoms with Crippen LogP contribution in [0.1, 0.15) is 46.0 Å². The van der Waals surface area contributed by atoms with Gasteiger partial charge in [-0.2, -0.15) is 0 Å². The van der Waals surface area contributed by atoms with E-state index >= 15 is 0 Å². The third-order valence-electron chi connectivity index (χ3n) is 3.15. The van der Waals surface area contributed by atoms with E-state index in [4.69, 9.17) is 0 Å². The van der Waals surface area contributed by atoms with Crippen molar-refractivity contribution in [2.75, 3.05) is 6.54 Å². The molecule has 0 heterocycles. The van der Waals surface area contributed by atoms with Gasteiger partial charge in [-0.1, -0.05) is 26.7 Å². The van der Waals surface area contributed by atoms with E-state index in [1.165, 1.54) is 6.42 Å².